The highest BCUT2D eigenvalue weighted by molar-refractivity contribution is 5.85. The lowest BCUT2D eigenvalue weighted by molar-refractivity contribution is -0.134. The largest absolute Gasteiger partial charge is 0.352 e. The second-order valence-electron chi connectivity index (χ2n) is 4.34. The Hall–Kier alpha value is -0.810. The minimum absolute atomic E-state index is 0. The normalized spacial score (nSPS) is 21.4. The molecule has 2 amide bonds. The average Bonchev–Trinajstić information content (AvgIpc) is 2.26. The Morgan fingerprint density at radius 3 is 2.71 bits per heavy atom. The summed E-state index contributed by atoms with van der Waals surface area (Å²) in [6.07, 6.45) is 2.51. The predicted octanol–water partition coefficient (Wildman–Crippen LogP) is 0.273. The van der Waals surface area contributed by atoms with E-state index >= 15 is 0 Å². The highest BCUT2D eigenvalue weighted by atomic mass is 35.5. The monoisotopic (exact) mass is 263 g/mol. The van der Waals surface area contributed by atoms with Crippen molar-refractivity contribution in [3.05, 3.63) is 0 Å². The van der Waals surface area contributed by atoms with Crippen LogP contribution in [-0.4, -0.2) is 41.9 Å². The standard InChI is InChI=1S/C11H21N3O2.ClH/c1-3-10(12)11(16)14-6-4-5-9(7-14)13-8(2)15;/h9-10H,3-7,12H2,1-2H3,(H,13,15);1H/t9?,10-;/m0./s1. The zero-order chi connectivity index (χ0) is 12.1. The third kappa shape index (κ3) is 4.91. The Kier molecular flexibility index (Phi) is 7.15. The summed E-state index contributed by atoms with van der Waals surface area (Å²) in [7, 11) is 0. The Labute approximate surface area is 109 Å². The molecule has 17 heavy (non-hydrogen) atoms. The zero-order valence-corrected chi connectivity index (χ0v) is 11.3. The number of piperidine rings is 1. The average molecular weight is 264 g/mol. The third-order valence-corrected chi connectivity index (χ3v) is 2.90. The quantitative estimate of drug-likeness (QED) is 0.768. The van der Waals surface area contributed by atoms with Gasteiger partial charge in [-0.1, -0.05) is 6.92 Å². The maximum atomic E-state index is 11.8. The second kappa shape index (κ2) is 7.50. The van der Waals surface area contributed by atoms with Crippen molar-refractivity contribution in [1.29, 1.82) is 0 Å². The van der Waals surface area contributed by atoms with E-state index in [-0.39, 0.29) is 30.3 Å². The molecule has 0 aromatic heterocycles. The van der Waals surface area contributed by atoms with Crippen molar-refractivity contribution in [1.82, 2.24) is 10.2 Å². The number of nitrogens with one attached hydrogen (secondary N) is 1. The number of nitrogens with zero attached hydrogens (tertiary/aromatic N) is 1. The molecule has 2 atom stereocenters. The van der Waals surface area contributed by atoms with E-state index in [0.29, 0.717) is 13.0 Å². The topological polar surface area (TPSA) is 75.4 Å². The van der Waals surface area contributed by atoms with Crippen LogP contribution >= 0.6 is 12.4 Å². The number of halogens is 1. The Bertz CT molecular complexity index is 273. The summed E-state index contributed by atoms with van der Waals surface area (Å²) in [4.78, 5) is 24.6. The maximum absolute atomic E-state index is 11.8. The van der Waals surface area contributed by atoms with Crippen LogP contribution in [0.5, 0.6) is 0 Å². The number of likely N-dealkylation sites (tertiary alicyclic amines) is 1. The smallest absolute Gasteiger partial charge is 0.239 e. The lowest BCUT2D eigenvalue weighted by Gasteiger charge is -2.34. The van der Waals surface area contributed by atoms with Gasteiger partial charge in [0.05, 0.1) is 6.04 Å². The molecular formula is C11H22ClN3O2. The van der Waals surface area contributed by atoms with Gasteiger partial charge in [-0.25, -0.2) is 0 Å². The van der Waals surface area contributed by atoms with Gasteiger partial charge in [-0.15, -0.1) is 12.4 Å². The van der Waals surface area contributed by atoms with Crippen LogP contribution in [0.4, 0.5) is 0 Å². The molecule has 1 aliphatic heterocycles. The highest BCUT2D eigenvalue weighted by Gasteiger charge is 2.26. The van der Waals surface area contributed by atoms with Gasteiger partial charge in [0.15, 0.2) is 0 Å². The minimum Gasteiger partial charge on any atom is -0.352 e. The van der Waals surface area contributed by atoms with Crippen LogP contribution in [0.3, 0.4) is 0 Å². The molecule has 0 radical (unpaired) electrons. The number of rotatable bonds is 3. The Morgan fingerprint density at radius 2 is 2.18 bits per heavy atom. The van der Waals surface area contributed by atoms with E-state index < -0.39 is 6.04 Å². The van der Waals surface area contributed by atoms with Gasteiger partial charge in [0.1, 0.15) is 0 Å². The molecule has 6 heteroatoms. The first-order valence-electron chi connectivity index (χ1n) is 5.86. The molecule has 1 saturated heterocycles. The lowest BCUT2D eigenvalue weighted by atomic mass is 10.0. The first kappa shape index (κ1) is 16.2. The van der Waals surface area contributed by atoms with Gasteiger partial charge in [-0.05, 0) is 19.3 Å². The molecule has 100 valence electrons. The summed E-state index contributed by atoms with van der Waals surface area (Å²) >= 11 is 0. The molecule has 1 unspecified atom stereocenters. The first-order chi connectivity index (χ1) is 7.54. The van der Waals surface area contributed by atoms with E-state index in [4.69, 9.17) is 5.73 Å². The predicted molar refractivity (Wildman–Crippen MR) is 68.9 cm³/mol. The first-order valence-corrected chi connectivity index (χ1v) is 5.86. The summed E-state index contributed by atoms with van der Waals surface area (Å²) in [6, 6.07) is -0.324. The van der Waals surface area contributed by atoms with E-state index in [1.807, 2.05) is 6.92 Å². The fraction of sp³-hybridized carbons (Fsp3) is 0.818. The van der Waals surface area contributed by atoms with Crippen LogP contribution < -0.4 is 11.1 Å². The fourth-order valence-electron chi connectivity index (χ4n) is 1.99. The van der Waals surface area contributed by atoms with Crippen molar-refractivity contribution in [3.8, 4) is 0 Å². The van der Waals surface area contributed by atoms with Gasteiger partial charge in [-0.2, -0.15) is 0 Å². The van der Waals surface area contributed by atoms with Crippen LogP contribution in [0, 0.1) is 0 Å². The van der Waals surface area contributed by atoms with E-state index in [1.165, 1.54) is 6.92 Å². The summed E-state index contributed by atoms with van der Waals surface area (Å²) < 4.78 is 0. The molecule has 1 rings (SSSR count). The van der Waals surface area contributed by atoms with Crippen LogP contribution in [0.1, 0.15) is 33.1 Å². The summed E-state index contributed by atoms with van der Waals surface area (Å²) in [6.45, 7) is 4.74. The van der Waals surface area contributed by atoms with Gasteiger partial charge >= 0.3 is 0 Å². The minimum atomic E-state index is -0.406. The number of hydrogen-bond acceptors (Lipinski definition) is 3. The van der Waals surface area contributed by atoms with E-state index in [2.05, 4.69) is 5.32 Å². The number of carbonyl (C=O) groups is 2. The van der Waals surface area contributed by atoms with Gasteiger partial charge < -0.3 is 16.0 Å². The van der Waals surface area contributed by atoms with Gasteiger partial charge in [0.2, 0.25) is 11.8 Å². The van der Waals surface area contributed by atoms with Gasteiger partial charge in [0.25, 0.3) is 0 Å². The Balaban J connectivity index is 0.00000256. The van der Waals surface area contributed by atoms with Crippen molar-refractivity contribution < 1.29 is 9.59 Å². The Morgan fingerprint density at radius 1 is 1.53 bits per heavy atom. The molecule has 0 bridgehead atoms. The fourth-order valence-corrected chi connectivity index (χ4v) is 1.99. The van der Waals surface area contributed by atoms with Gasteiger partial charge in [0, 0.05) is 26.1 Å². The molecule has 0 spiro atoms. The van der Waals surface area contributed by atoms with Crippen molar-refractivity contribution >= 4 is 24.2 Å². The molecule has 0 aromatic carbocycles. The molecule has 1 fully saturated rings. The SMILES string of the molecule is CC[C@H](N)C(=O)N1CCCC(NC(C)=O)C1.Cl. The van der Waals surface area contributed by atoms with Crippen molar-refractivity contribution in [2.24, 2.45) is 5.73 Å². The van der Waals surface area contributed by atoms with E-state index in [1.54, 1.807) is 4.90 Å². The van der Waals surface area contributed by atoms with E-state index in [9.17, 15) is 9.59 Å². The molecule has 0 aliphatic carbocycles. The summed E-state index contributed by atoms with van der Waals surface area (Å²) in [5.41, 5.74) is 5.72. The van der Waals surface area contributed by atoms with Crippen molar-refractivity contribution in [2.75, 3.05) is 13.1 Å². The molecule has 0 saturated carbocycles. The number of amides is 2. The van der Waals surface area contributed by atoms with Crippen molar-refractivity contribution in [3.63, 3.8) is 0 Å². The van der Waals surface area contributed by atoms with Crippen LogP contribution in [-0.2, 0) is 9.59 Å². The molecule has 0 aromatic rings. The van der Waals surface area contributed by atoms with Crippen LogP contribution in [0.25, 0.3) is 0 Å². The molecule has 5 nitrogen and oxygen atoms in total. The number of carbonyl (C=O) groups excluding carboxylic acids is 2. The molecule has 1 heterocycles. The molecule has 3 N–H and O–H groups in total. The van der Waals surface area contributed by atoms with Crippen LogP contribution in [0.2, 0.25) is 0 Å². The summed E-state index contributed by atoms with van der Waals surface area (Å²) in [5, 5.41) is 2.85. The zero-order valence-electron chi connectivity index (χ0n) is 10.4. The molecular weight excluding hydrogens is 242 g/mol. The molecule has 1 aliphatic rings. The highest BCUT2D eigenvalue weighted by Crippen LogP contribution is 2.11. The summed E-state index contributed by atoms with van der Waals surface area (Å²) in [5.74, 6) is -0.0448. The third-order valence-electron chi connectivity index (χ3n) is 2.90. The maximum Gasteiger partial charge on any atom is 0.239 e. The number of nitrogens with two attached hydrogens (primary N) is 1. The van der Waals surface area contributed by atoms with Gasteiger partial charge in [-0.3, -0.25) is 9.59 Å². The number of hydrogen-bond donors (Lipinski definition) is 2. The van der Waals surface area contributed by atoms with E-state index in [0.717, 1.165) is 19.4 Å². The second-order valence-corrected chi connectivity index (χ2v) is 4.34. The van der Waals surface area contributed by atoms with Crippen molar-refractivity contribution in [2.45, 2.75) is 45.2 Å². The van der Waals surface area contributed by atoms with Crippen LogP contribution in [0.15, 0.2) is 0 Å². The lowest BCUT2D eigenvalue weighted by Crippen LogP contribution is -2.53.